The lowest BCUT2D eigenvalue weighted by Crippen LogP contribution is -2.09. The van der Waals surface area contributed by atoms with Crippen LogP contribution in [-0.4, -0.2) is 30.7 Å². The van der Waals surface area contributed by atoms with E-state index in [2.05, 4.69) is 19.0 Å². The molecule has 1 aliphatic rings. The topological polar surface area (TPSA) is 51.0 Å². The second kappa shape index (κ2) is 7.29. The molecule has 4 nitrogen and oxygen atoms in total. The average molecular weight is 277 g/mol. The molecular formula is C16H23NO3. The summed E-state index contributed by atoms with van der Waals surface area (Å²) in [6, 6.07) is 5.88. The SMILES string of the molecule is CC(C)CCOCCOc1cccc2c1CCC2=NO. The van der Waals surface area contributed by atoms with E-state index in [1.54, 1.807) is 0 Å². The van der Waals surface area contributed by atoms with Gasteiger partial charge in [0.1, 0.15) is 12.4 Å². The summed E-state index contributed by atoms with van der Waals surface area (Å²) in [7, 11) is 0. The Morgan fingerprint density at radius 3 is 2.80 bits per heavy atom. The van der Waals surface area contributed by atoms with E-state index in [0.717, 1.165) is 48.5 Å². The van der Waals surface area contributed by atoms with Crippen LogP contribution in [0.3, 0.4) is 0 Å². The Morgan fingerprint density at radius 1 is 1.20 bits per heavy atom. The van der Waals surface area contributed by atoms with Gasteiger partial charge in [0.2, 0.25) is 0 Å². The molecule has 110 valence electrons. The van der Waals surface area contributed by atoms with Gasteiger partial charge in [-0.15, -0.1) is 0 Å². The predicted molar refractivity (Wildman–Crippen MR) is 78.9 cm³/mol. The van der Waals surface area contributed by atoms with Crippen molar-refractivity contribution < 1.29 is 14.7 Å². The fraction of sp³-hybridized carbons (Fsp3) is 0.562. The van der Waals surface area contributed by atoms with Gasteiger partial charge < -0.3 is 14.7 Å². The maximum absolute atomic E-state index is 8.95. The number of hydrogen-bond donors (Lipinski definition) is 1. The van der Waals surface area contributed by atoms with Crippen molar-refractivity contribution >= 4 is 5.71 Å². The number of benzene rings is 1. The molecule has 0 radical (unpaired) electrons. The highest BCUT2D eigenvalue weighted by molar-refractivity contribution is 6.04. The lowest BCUT2D eigenvalue weighted by molar-refractivity contribution is 0.0923. The van der Waals surface area contributed by atoms with E-state index in [4.69, 9.17) is 14.7 Å². The maximum atomic E-state index is 8.95. The standard InChI is InChI=1S/C16H23NO3/c1-12(2)8-9-19-10-11-20-16-5-3-4-13-14(16)6-7-15(13)17-18/h3-5,12,18H,6-11H2,1-2H3. The van der Waals surface area contributed by atoms with Crippen molar-refractivity contribution in [3.05, 3.63) is 29.3 Å². The lowest BCUT2D eigenvalue weighted by Gasteiger charge is -2.11. The molecule has 0 spiro atoms. The molecular weight excluding hydrogens is 254 g/mol. The first-order valence-corrected chi connectivity index (χ1v) is 7.26. The summed E-state index contributed by atoms with van der Waals surface area (Å²) in [5.74, 6) is 1.55. The zero-order chi connectivity index (χ0) is 14.4. The summed E-state index contributed by atoms with van der Waals surface area (Å²) >= 11 is 0. The van der Waals surface area contributed by atoms with Crippen LogP contribution in [0.2, 0.25) is 0 Å². The van der Waals surface area contributed by atoms with E-state index in [9.17, 15) is 0 Å². The number of fused-ring (bicyclic) bond motifs is 1. The zero-order valence-corrected chi connectivity index (χ0v) is 12.3. The Bertz CT molecular complexity index is 469. The minimum absolute atomic E-state index is 0.556. The Kier molecular flexibility index (Phi) is 5.41. The smallest absolute Gasteiger partial charge is 0.123 e. The highest BCUT2D eigenvalue weighted by Crippen LogP contribution is 2.30. The highest BCUT2D eigenvalue weighted by atomic mass is 16.5. The molecule has 2 rings (SSSR count). The van der Waals surface area contributed by atoms with Gasteiger partial charge in [-0.3, -0.25) is 0 Å². The second-order valence-corrected chi connectivity index (χ2v) is 5.47. The number of oxime groups is 1. The van der Waals surface area contributed by atoms with Gasteiger partial charge in [0.25, 0.3) is 0 Å². The van der Waals surface area contributed by atoms with Crippen molar-refractivity contribution in [2.24, 2.45) is 11.1 Å². The first-order chi connectivity index (χ1) is 9.72. The molecule has 0 atom stereocenters. The zero-order valence-electron chi connectivity index (χ0n) is 12.3. The Balaban J connectivity index is 1.81. The molecule has 0 amide bonds. The van der Waals surface area contributed by atoms with Gasteiger partial charge in [-0.1, -0.05) is 31.1 Å². The monoisotopic (exact) mass is 277 g/mol. The summed E-state index contributed by atoms with van der Waals surface area (Å²) < 4.78 is 11.3. The van der Waals surface area contributed by atoms with E-state index in [-0.39, 0.29) is 0 Å². The highest BCUT2D eigenvalue weighted by Gasteiger charge is 2.21. The minimum Gasteiger partial charge on any atom is -0.491 e. The summed E-state index contributed by atoms with van der Waals surface area (Å²) in [4.78, 5) is 0. The van der Waals surface area contributed by atoms with Gasteiger partial charge in [0.05, 0.1) is 12.3 Å². The maximum Gasteiger partial charge on any atom is 0.123 e. The molecule has 0 bridgehead atoms. The quantitative estimate of drug-likeness (QED) is 0.473. The van der Waals surface area contributed by atoms with Gasteiger partial charge in [0, 0.05) is 17.7 Å². The van der Waals surface area contributed by atoms with Crippen LogP contribution in [0.15, 0.2) is 23.4 Å². The van der Waals surface area contributed by atoms with Gasteiger partial charge >= 0.3 is 0 Å². The third-order valence-corrected chi connectivity index (χ3v) is 3.50. The summed E-state index contributed by atoms with van der Waals surface area (Å²) in [6.45, 7) is 6.33. The van der Waals surface area contributed by atoms with E-state index >= 15 is 0 Å². The minimum atomic E-state index is 0.556. The van der Waals surface area contributed by atoms with Crippen LogP contribution in [0.5, 0.6) is 5.75 Å². The van der Waals surface area contributed by atoms with Crippen molar-refractivity contribution in [3.8, 4) is 5.75 Å². The first-order valence-electron chi connectivity index (χ1n) is 7.26. The van der Waals surface area contributed by atoms with E-state index in [1.165, 1.54) is 0 Å². The molecule has 1 aromatic rings. The lowest BCUT2D eigenvalue weighted by atomic mass is 10.1. The van der Waals surface area contributed by atoms with Crippen molar-refractivity contribution in [1.29, 1.82) is 0 Å². The molecule has 1 aromatic carbocycles. The number of hydrogen-bond acceptors (Lipinski definition) is 4. The molecule has 0 saturated heterocycles. The Hall–Kier alpha value is -1.55. The molecule has 0 aliphatic heterocycles. The van der Waals surface area contributed by atoms with Crippen LogP contribution in [0, 0.1) is 5.92 Å². The van der Waals surface area contributed by atoms with Crippen molar-refractivity contribution in [3.63, 3.8) is 0 Å². The summed E-state index contributed by atoms with van der Waals surface area (Å²) in [5, 5.41) is 12.3. The molecule has 4 heteroatoms. The third-order valence-electron chi connectivity index (χ3n) is 3.50. The molecule has 0 fully saturated rings. The van der Waals surface area contributed by atoms with Crippen LogP contribution in [0.1, 0.15) is 37.8 Å². The average Bonchev–Trinajstić information content (AvgIpc) is 2.86. The molecule has 0 aromatic heterocycles. The van der Waals surface area contributed by atoms with Crippen LogP contribution >= 0.6 is 0 Å². The molecule has 0 unspecified atom stereocenters. The van der Waals surface area contributed by atoms with Gasteiger partial charge in [0.15, 0.2) is 0 Å². The predicted octanol–water partition coefficient (Wildman–Crippen LogP) is 3.25. The van der Waals surface area contributed by atoms with E-state index in [0.29, 0.717) is 19.1 Å². The largest absolute Gasteiger partial charge is 0.491 e. The Labute approximate surface area is 120 Å². The summed E-state index contributed by atoms with van der Waals surface area (Å²) in [6.07, 6.45) is 2.73. The fourth-order valence-electron chi connectivity index (χ4n) is 2.34. The van der Waals surface area contributed by atoms with Crippen molar-refractivity contribution in [2.75, 3.05) is 19.8 Å². The molecule has 20 heavy (non-hydrogen) atoms. The Morgan fingerprint density at radius 2 is 2.05 bits per heavy atom. The summed E-state index contributed by atoms with van der Waals surface area (Å²) in [5.41, 5.74) is 2.90. The molecule has 0 saturated carbocycles. The molecule has 1 N–H and O–H groups in total. The third kappa shape index (κ3) is 3.73. The van der Waals surface area contributed by atoms with E-state index in [1.807, 2.05) is 18.2 Å². The normalized spacial score (nSPS) is 15.8. The van der Waals surface area contributed by atoms with Crippen molar-refractivity contribution in [2.45, 2.75) is 33.1 Å². The van der Waals surface area contributed by atoms with Crippen LogP contribution in [0.25, 0.3) is 0 Å². The number of nitrogens with zero attached hydrogens (tertiary/aromatic N) is 1. The van der Waals surface area contributed by atoms with Crippen molar-refractivity contribution in [1.82, 2.24) is 0 Å². The van der Waals surface area contributed by atoms with Crippen LogP contribution in [-0.2, 0) is 11.2 Å². The molecule has 1 aliphatic carbocycles. The van der Waals surface area contributed by atoms with Crippen LogP contribution < -0.4 is 4.74 Å². The van der Waals surface area contributed by atoms with Gasteiger partial charge in [-0.25, -0.2) is 0 Å². The van der Waals surface area contributed by atoms with Gasteiger partial charge in [-0.05, 0) is 31.2 Å². The number of rotatable bonds is 7. The fourth-order valence-corrected chi connectivity index (χ4v) is 2.34. The molecule has 0 heterocycles. The first kappa shape index (κ1) is 14.9. The van der Waals surface area contributed by atoms with E-state index < -0.39 is 0 Å². The second-order valence-electron chi connectivity index (χ2n) is 5.47. The van der Waals surface area contributed by atoms with Crippen LogP contribution in [0.4, 0.5) is 0 Å². The van der Waals surface area contributed by atoms with Gasteiger partial charge in [-0.2, -0.15) is 0 Å². The number of ether oxygens (including phenoxy) is 2.